The van der Waals surface area contributed by atoms with Crippen molar-refractivity contribution in [1.82, 2.24) is 4.98 Å². The second kappa shape index (κ2) is 12.5. The molecule has 2 heterocycles. The Morgan fingerprint density at radius 3 is 1.45 bits per heavy atom. The van der Waals surface area contributed by atoms with Gasteiger partial charge in [-0.05, 0) is 80.9 Å². The molecule has 0 aliphatic rings. The number of aromatic nitrogens is 1. The number of nitrogens with zero attached hydrogens (tertiary/aromatic N) is 1. The van der Waals surface area contributed by atoms with Crippen LogP contribution in [0.2, 0.25) is 0 Å². The highest BCUT2D eigenvalue weighted by Crippen LogP contribution is 2.40. The molecule has 0 aliphatic heterocycles. The Balaban J connectivity index is 1.16. The molecule has 0 spiro atoms. The van der Waals surface area contributed by atoms with E-state index in [0.29, 0.717) is 0 Å². The Morgan fingerprint density at radius 1 is 0.286 bits per heavy atom. The largest absolute Gasteiger partial charge is 0.248 e. The average Bonchev–Trinajstić information content (AvgIpc) is 3.57. The van der Waals surface area contributed by atoms with Crippen LogP contribution in [0.4, 0.5) is 0 Å². The Hall–Kier alpha value is -6.09. The topological polar surface area (TPSA) is 12.9 Å². The molecule has 0 radical (unpaired) electrons. The van der Waals surface area contributed by atoms with Crippen molar-refractivity contribution in [1.29, 1.82) is 0 Å². The lowest BCUT2D eigenvalue weighted by Crippen LogP contribution is -1.92. The van der Waals surface area contributed by atoms with Gasteiger partial charge in [0, 0.05) is 31.3 Å². The minimum Gasteiger partial charge on any atom is -0.248 e. The van der Waals surface area contributed by atoms with Crippen LogP contribution in [0.15, 0.2) is 188 Å². The number of benzene rings is 7. The highest BCUT2D eigenvalue weighted by Gasteiger charge is 2.14. The molecule has 1 nitrogen and oxygen atoms in total. The smallest absolute Gasteiger partial charge is 0.0715 e. The quantitative estimate of drug-likeness (QED) is 0.176. The van der Waals surface area contributed by atoms with Crippen LogP contribution in [0.1, 0.15) is 0 Å². The summed E-state index contributed by atoms with van der Waals surface area (Å²) in [5, 5.41) is 2.65. The summed E-state index contributed by atoms with van der Waals surface area (Å²) in [5.41, 5.74) is 13.7. The molecule has 0 amide bonds. The van der Waals surface area contributed by atoms with E-state index in [-0.39, 0.29) is 0 Å². The van der Waals surface area contributed by atoms with Gasteiger partial charge in [0.05, 0.1) is 11.4 Å². The van der Waals surface area contributed by atoms with Gasteiger partial charge in [0.25, 0.3) is 0 Å². The molecule has 9 rings (SSSR count). The van der Waals surface area contributed by atoms with Gasteiger partial charge in [-0.25, -0.2) is 4.98 Å². The number of hydrogen-bond acceptors (Lipinski definition) is 2. The standard InChI is InChI=1S/C47H31NS/c1-4-12-33(13-5-1)40-26-24-38(39-30-44(35-14-6-2-7-15-35)48-45(31-39)36-16-8-3-9-17-36)28-42(40)34-22-20-32(21-23-34)37-25-27-47-43(29-37)41-18-10-11-19-46(41)49-47/h1-31H. The van der Waals surface area contributed by atoms with Crippen LogP contribution in [0.25, 0.3) is 87.2 Å². The number of fused-ring (bicyclic) bond motifs is 3. The molecule has 7 aromatic carbocycles. The molecular weight excluding hydrogens is 611 g/mol. The lowest BCUT2D eigenvalue weighted by molar-refractivity contribution is 1.32. The number of rotatable bonds is 6. The summed E-state index contributed by atoms with van der Waals surface area (Å²) in [4.78, 5) is 5.12. The van der Waals surface area contributed by atoms with Crippen LogP contribution in [-0.2, 0) is 0 Å². The minimum absolute atomic E-state index is 0.963. The predicted molar refractivity (Wildman–Crippen MR) is 210 cm³/mol. The molecule has 0 N–H and O–H groups in total. The monoisotopic (exact) mass is 641 g/mol. The number of pyridine rings is 1. The molecule has 0 aliphatic carbocycles. The first-order valence-corrected chi connectivity index (χ1v) is 17.4. The van der Waals surface area contributed by atoms with E-state index in [1.54, 1.807) is 0 Å². The van der Waals surface area contributed by atoms with Crippen LogP contribution in [0, 0.1) is 0 Å². The molecule has 0 saturated carbocycles. The molecule has 9 aromatic rings. The average molecular weight is 642 g/mol. The third kappa shape index (κ3) is 5.63. The summed E-state index contributed by atoms with van der Waals surface area (Å²) in [6.45, 7) is 0. The Bertz CT molecular complexity index is 2510. The minimum atomic E-state index is 0.963. The zero-order chi connectivity index (χ0) is 32.6. The van der Waals surface area contributed by atoms with E-state index in [9.17, 15) is 0 Å². The van der Waals surface area contributed by atoms with Gasteiger partial charge < -0.3 is 0 Å². The maximum atomic E-state index is 5.12. The highest BCUT2D eigenvalue weighted by atomic mass is 32.1. The van der Waals surface area contributed by atoms with Crippen LogP contribution in [0.3, 0.4) is 0 Å². The van der Waals surface area contributed by atoms with E-state index in [0.717, 1.165) is 33.6 Å². The van der Waals surface area contributed by atoms with Crippen molar-refractivity contribution in [3.63, 3.8) is 0 Å². The maximum Gasteiger partial charge on any atom is 0.0715 e. The summed E-state index contributed by atoms with van der Waals surface area (Å²) in [7, 11) is 0. The van der Waals surface area contributed by atoms with E-state index >= 15 is 0 Å². The fourth-order valence-electron chi connectivity index (χ4n) is 6.79. The first-order chi connectivity index (χ1) is 24.3. The van der Waals surface area contributed by atoms with Crippen molar-refractivity contribution >= 4 is 31.5 Å². The number of thiophene rings is 1. The Kier molecular flexibility index (Phi) is 7.42. The summed E-state index contributed by atoms with van der Waals surface area (Å²) in [5.74, 6) is 0. The summed E-state index contributed by atoms with van der Waals surface area (Å²) < 4.78 is 2.66. The maximum absolute atomic E-state index is 5.12. The van der Waals surface area contributed by atoms with Gasteiger partial charge >= 0.3 is 0 Å². The van der Waals surface area contributed by atoms with Crippen LogP contribution in [-0.4, -0.2) is 4.98 Å². The fraction of sp³-hybridized carbons (Fsp3) is 0. The highest BCUT2D eigenvalue weighted by molar-refractivity contribution is 7.25. The van der Waals surface area contributed by atoms with Crippen molar-refractivity contribution in [2.75, 3.05) is 0 Å². The molecule has 49 heavy (non-hydrogen) atoms. The van der Waals surface area contributed by atoms with E-state index in [2.05, 4.69) is 176 Å². The first-order valence-electron chi connectivity index (χ1n) is 16.6. The van der Waals surface area contributed by atoms with Crippen LogP contribution < -0.4 is 0 Å². The van der Waals surface area contributed by atoms with Crippen molar-refractivity contribution in [3.05, 3.63) is 188 Å². The lowest BCUT2D eigenvalue weighted by atomic mass is 9.90. The van der Waals surface area contributed by atoms with E-state index in [1.807, 2.05) is 23.5 Å². The molecule has 0 bridgehead atoms. The van der Waals surface area contributed by atoms with Crippen molar-refractivity contribution in [2.45, 2.75) is 0 Å². The SMILES string of the molecule is c1ccc(-c2cc(-c3ccc(-c4ccccc4)c(-c4ccc(-c5ccc6sc7ccccc7c6c5)cc4)c3)cc(-c3ccccc3)n2)cc1. The summed E-state index contributed by atoms with van der Waals surface area (Å²) >= 11 is 1.86. The normalized spacial score (nSPS) is 11.3. The third-order valence-corrected chi connectivity index (χ3v) is 10.5. The molecule has 2 heteroatoms. The van der Waals surface area contributed by atoms with E-state index in [1.165, 1.54) is 53.6 Å². The van der Waals surface area contributed by atoms with Gasteiger partial charge in [-0.1, -0.05) is 152 Å². The van der Waals surface area contributed by atoms with Crippen LogP contribution in [0.5, 0.6) is 0 Å². The van der Waals surface area contributed by atoms with Crippen molar-refractivity contribution in [3.8, 4) is 67.0 Å². The second-order valence-electron chi connectivity index (χ2n) is 12.4. The zero-order valence-corrected chi connectivity index (χ0v) is 27.6. The first kappa shape index (κ1) is 29.1. The fourth-order valence-corrected chi connectivity index (χ4v) is 7.88. The Morgan fingerprint density at radius 2 is 0.776 bits per heavy atom. The van der Waals surface area contributed by atoms with Gasteiger partial charge in [-0.3, -0.25) is 0 Å². The third-order valence-electron chi connectivity index (χ3n) is 9.31. The molecule has 2 aromatic heterocycles. The van der Waals surface area contributed by atoms with Gasteiger partial charge in [-0.2, -0.15) is 0 Å². The summed E-state index contributed by atoms with van der Waals surface area (Å²) in [6.07, 6.45) is 0. The molecule has 0 unspecified atom stereocenters. The lowest BCUT2D eigenvalue weighted by Gasteiger charge is -2.15. The molecule has 0 atom stereocenters. The van der Waals surface area contributed by atoms with Crippen molar-refractivity contribution < 1.29 is 0 Å². The second-order valence-corrected chi connectivity index (χ2v) is 13.5. The van der Waals surface area contributed by atoms with Gasteiger partial charge in [0.15, 0.2) is 0 Å². The molecule has 0 fully saturated rings. The zero-order valence-electron chi connectivity index (χ0n) is 26.8. The molecule has 230 valence electrons. The predicted octanol–water partition coefficient (Wildman–Crippen LogP) is 13.5. The Labute approximate surface area is 290 Å². The number of hydrogen-bond donors (Lipinski definition) is 0. The van der Waals surface area contributed by atoms with E-state index < -0.39 is 0 Å². The van der Waals surface area contributed by atoms with Gasteiger partial charge in [-0.15, -0.1) is 11.3 Å². The molecule has 0 saturated heterocycles. The van der Waals surface area contributed by atoms with Crippen LogP contribution >= 0.6 is 11.3 Å². The summed E-state index contributed by atoms with van der Waals surface area (Å²) in [6, 6.07) is 67.5. The van der Waals surface area contributed by atoms with Gasteiger partial charge in [0.2, 0.25) is 0 Å². The molecular formula is C47H31NS. The van der Waals surface area contributed by atoms with E-state index in [4.69, 9.17) is 4.98 Å². The van der Waals surface area contributed by atoms with Crippen molar-refractivity contribution in [2.24, 2.45) is 0 Å². The van der Waals surface area contributed by atoms with Gasteiger partial charge in [0.1, 0.15) is 0 Å².